The topological polar surface area (TPSA) is 52.7 Å². The molecule has 3 rings (SSSR count). The van der Waals surface area contributed by atoms with E-state index in [1.807, 2.05) is 29.2 Å². The molecule has 1 aromatic rings. The van der Waals surface area contributed by atoms with Crippen LogP contribution in [-0.4, -0.2) is 60.4 Å². The van der Waals surface area contributed by atoms with Crippen LogP contribution in [0, 0.1) is 0 Å². The Hall–Kier alpha value is -1.88. The minimum atomic E-state index is -0.110. The van der Waals surface area contributed by atoms with Gasteiger partial charge < -0.3 is 10.2 Å². The third-order valence-corrected chi connectivity index (χ3v) is 5.79. The molecule has 0 aromatic heterocycles. The predicted octanol–water partition coefficient (Wildman–Crippen LogP) is 2.80. The number of amides is 2. The summed E-state index contributed by atoms with van der Waals surface area (Å²) in [7, 11) is 0. The van der Waals surface area contributed by atoms with Gasteiger partial charge in [0, 0.05) is 44.2 Å². The molecular formula is C22H33N3O2. The Morgan fingerprint density at radius 2 is 1.78 bits per heavy atom. The third-order valence-electron chi connectivity index (χ3n) is 5.79. The van der Waals surface area contributed by atoms with Gasteiger partial charge in [0.15, 0.2) is 0 Å². The van der Waals surface area contributed by atoms with Crippen LogP contribution in [0.25, 0.3) is 0 Å². The van der Waals surface area contributed by atoms with Gasteiger partial charge in [-0.05, 0) is 48.9 Å². The van der Waals surface area contributed by atoms with Crippen molar-refractivity contribution in [2.75, 3.05) is 32.7 Å². The van der Waals surface area contributed by atoms with Crippen LogP contribution in [0.1, 0.15) is 62.4 Å². The molecular weight excluding hydrogens is 338 g/mol. The summed E-state index contributed by atoms with van der Waals surface area (Å²) in [4.78, 5) is 29.4. The van der Waals surface area contributed by atoms with E-state index in [4.69, 9.17) is 0 Å². The van der Waals surface area contributed by atoms with E-state index in [9.17, 15) is 9.59 Å². The van der Waals surface area contributed by atoms with Crippen LogP contribution in [-0.2, 0) is 10.2 Å². The van der Waals surface area contributed by atoms with Crippen LogP contribution < -0.4 is 5.32 Å². The molecule has 2 saturated heterocycles. The fourth-order valence-electron chi connectivity index (χ4n) is 4.10. The van der Waals surface area contributed by atoms with Crippen LogP contribution in [0.15, 0.2) is 24.3 Å². The number of nitrogens with one attached hydrogen (secondary N) is 1. The molecule has 0 unspecified atom stereocenters. The van der Waals surface area contributed by atoms with E-state index in [2.05, 4.69) is 31.0 Å². The Morgan fingerprint density at radius 3 is 2.48 bits per heavy atom. The summed E-state index contributed by atoms with van der Waals surface area (Å²) in [5.41, 5.74) is 1.92. The molecule has 2 amide bonds. The largest absolute Gasteiger partial charge is 0.352 e. The Labute approximate surface area is 163 Å². The van der Waals surface area contributed by atoms with E-state index in [1.54, 1.807) is 0 Å². The van der Waals surface area contributed by atoms with Gasteiger partial charge in [0.1, 0.15) is 0 Å². The zero-order valence-electron chi connectivity index (χ0n) is 17.0. The Balaban J connectivity index is 1.46. The highest BCUT2D eigenvalue weighted by molar-refractivity contribution is 5.94. The van der Waals surface area contributed by atoms with Crippen molar-refractivity contribution < 1.29 is 9.59 Å². The molecule has 5 heteroatoms. The van der Waals surface area contributed by atoms with Gasteiger partial charge in [-0.25, -0.2) is 0 Å². The van der Waals surface area contributed by atoms with E-state index in [0.29, 0.717) is 24.6 Å². The van der Waals surface area contributed by atoms with Crippen molar-refractivity contribution in [3.8, 4) is 0 Å². The smallest absolute Gasteiger partial charge is 0.251 e. The first-order valence-electron chi connectivity index (χ1n) is 10.2. The molecule has 0 spiro atoms. The van der Waals surface area contributed by atoms with Gasteiger partial charge in [0.05, 0.1) is 0 Å². The van der Waals surface area contributed by atoms with Crippen LogP contribution in [0.4, 0.5) is 0 Å². The third kappa shape index (κ3) is 5.10. The maximum Gasteiger partial charge on any atom is 0.251 e. The summed E-state index contributed by atoms with van der Waals surface area (Å²) < 4.78 is 0. The molecule has 0 aliphatic carbocycles. The molecule has 0 bridgehead atoms. The monoisotopic (exact) mass is 371 g/mol. The summed E-state index contributed by atoms with van der Waals surface area (Å²) in [5.74, 6) is 0.0493. The minimum Gasteiger partial charge on any atom is -0.352 e. The minimum absolute atomic E-state index is 0.0729. The molecule has 1 aromatic carbocycles. The number of hydrogen-bond donors (Lipinski definition) is 1. The molecule has 1 atom stereocenters. The molecule has 2 fully saturated rings. The van der Waals surface area contributed by atoms with Crippen LogP contribution in [0.3, 0.4) is 0 Å². The van der Waals surface area contributed by atoms with E-state index in [1.165, 1.54) is 24.9 Å². The molecule has 1 N–H and O–H groups in total. The van der Waals surface area contributed by atoms with Gasteiger partial charge in [-0.15, -0.1) is 0 Å². The van der Waals surface area contributed by atoms with E-state index < -0.39 is 0 Å². The van der Waals surface area contributed by atoms with Crippen molar-refractivity contribution in [3.05, 3.63) is 35.4 Å². The van der Waals surface area contributed by atoms with Gasteiger partial charge in [-0.3, -0.25) is 14.5 Å². The maximum atomic E-state index is 12.6. The zero-order chi connectivity index (χ0) is 19.4. The first kappa shape index (κ1) is 19.9. The summed E-state index contributed by atoms with van der Waals surface area (Å²) >= 11 is 0. The normalized spacial score (nSPS) is 20.9. The Bertz CT molecular complexity index is 663. The average molecular weight is 372 g/mol. The lowest BCUT2D eigenvalue weighted by atomic mass is 9.87. The van der Waals surface area contributed by atoms with Gasteiger partial charge in [-0.1, -0.05) is 32.9 Å². The molecule has 27 heavy (non-hydrogen) atoms. The fourth-order valence-corrected chi connectivity index (χ4v) is 4.10. The number of benzene rings is 1. The highest BCUT2D eigenvalue weighted by Gasteiger charge is 2.30. The quantitative estimate of drug-likeness (QED) is 0.885. The summed E-state index contributed by atoms with van der Waals surface area (Å²) in [6.45, 7) is 10.8. The number of carbonyl (C=O) groups is 2. The Morgan fingerprint density at radius 1 is 1.07 bits per heavy atom. The van der Waals surface area contributed by atoms with Gasteiger partial charge in [0.25, 0.3) is 5.91 Å². The van der Waals surface area contributed by atoms with Crippen LogP contribution in [0.2, 0.25) is 0 Å². The lowest BCUT2D eigenvalue weighted by molar-refractivity contribution is -0.131. The van der Waals surface area contributed by atoms with Crippen molar-refractivity contribution >= 4 is 11.8 Å². The lowest BCUT2D eigenvalue weighted by Gasteiger charge is -2.25. The summed E-state index contributed by atoms with van der Waals surface area (Å²) in [6.07, 6.45) is 3.87. The Kier molecular flexibility index (Phi) is 6.20. The van der Waals surface area contributed by atoms with Crippen LogP contribution in [0.5, 0.6) is 0 Å². The molecule has 5 nitrogen and oxygen atoms in total. The molecule has 2 aliphatic heterocycles. The van der Waals surface area contributed by atoms with E-state index in [0.717, 1.165) is 26.1 Å². The van der Waals surface area contributed by atoms with Crippen molar-refractivity contribution in [1.29, 1.82) is 0 Å². The second-order valence-corrected chi connectivity index (χ2v) is 8.86. The first-order chi connectivity index (χ1) is 12.8. The predicted molar refractivity (Wildman–Crippen MR) is 108 cm³/mol. The standard InChI is InChI=1S/C22H33N3O2/c1-22(2,3)18-9-7-17(8-10-18)21(27)23-12-11-20(26)25-15-5-14-24-13-4-6-19(24)16-25/h7-10,19H,4-6,11-16H2,1-3H3,(H,23,27)/t19-/m1/s1. The number of fused-ring (bicyclic) bond motifs is 1. The first-order valence-corrected chi connectivity index (χ1v) is 10.2. The lowest BCUT2D eigenvalue weighted by Crippen LogP contribution is -2.40. The van der Waals surface area contributed by atoms with Crippen LogP contribution >= 0.6 is 0 Å². The van der Waals surface area contributed by atoms with Crippen molar-refractivity contribution in [1.82, 2.24) is 15.1 Å². The van der Waals surface area contributed by atoms with Gasteiger partial charge in [0.2, 0.25) is 5.91 Å². The van der Waals surface area contributed by atoms with Crippen molar-refractivity contribution in [3.63, 3.8) is 0 Å². The second kappa shape index (κ2) is 8.42. The second-order valence-electron chi connectivity index (χ2n) is 8.86. The number of carbonyl (C=O) groups excluding carboxylic acids is 2. The van der Waals surface area contributed by atoms with Crippen molar-refractivity contribution in [2.45, 2.75) is 57.9 Å². The van der Waals surface area contributed by atoms with Gasteiger partial charge in [-0.2, -0.15) is 0 Å². The van der Waals surface area contributed by atoms with E-state index in [-0.39, 0.29) is 17.2 Å². The number of hydrogen-bond acceptors (Lipinski definition) is 3. The highest BCUT2D eigenvalue weighted by atomic mass is 16.2. The average Bonchev–Trinajstić information content (AvgIpc) is 2.97. The molecule has 2 aliphatic rings. The van der Waals surface area contributed by atoms with Crippen molar-refractivity contribution in [2.24, 2.45) is 0 Å². The zero-order valence-corrected chi connectivity index (χ0v) is 17.0. The maximum absolute atomic E-state index is 12.6. The SMILES string of the molecule is CC(C)(C)c1ccc(C(=O)NCCC(=O)N2CCCN3CCC[C@@H]3C2)cc1. The van der Waals surface area contributed by atoms with Gasteiger partial charge >= 0.3 is 0 Å². The fraction of sp³-hybridized carbons (Fsp3) is 0.636. The number of nitrogens with zero attached hydrogens (tertiary/aromatic N) is 2. The number of rotatable bonds is 4. The van der Waals surface area contributed by atoms with E-state index >= 15 is 0 Å². The highest BCUT2D eigenvalue weighted by Crippen LogP contribution is 2.23. The molecule has 0 radical (unpaired) electrons. The molecule has 148 valence electrons. The molecule has 2 heterocycles. The molecule has 0 saturated carbocycles. The summed E-state index contributed by atoms with van der Waals surface area (Å²) in [5, 5.41) is 2.89. The summed E-state index contributed by atoms with van der Waals surface area (Å²) in [6, 6.07) is 8.27.